The van der Waals surface area contributed by atoms with Crippen LogP contribution in [0.15, 0.2) is 0 Å². The van der Waals surface area contributed by atoms with Crippen LogP contribution in [0.3, 0.4) is 0 Å². The van der Waals surface area contributed by atoms with E-state index in [1.54, 1.807) is 0 Å². The first kappa shape index (κ1) is 29.2. The van der Waals surface area contributed by atoms with E-state index in [0.29, 0.717) is 6.42 Å². The standard InChI is InChI=1S/C23H45NO5.ClHO4/c1-5-6-7-8-9-10-11-12-13-14-15-16-20(25)17-23(28)29-21(18-22(26)27)19-24(2,3)4;2-1(3,4)5/h20-21,25H,5-19H2,1-4H3;(H,2,3,4,5)/t20?,21-;/m1./s1/i2D3;. The molecule has 0 rings (SSSR count). The Morgan fingerprint density at radius 1 is 0.912 bits per heavy atom. The number of likely N-dealkylation sites (N-methyl/N-ethyl adjacent to an activating group) is 1. The number of aliphatic carboxylic acids is 1. The number of hydrogen-bond donors (Lipinski definition) is 2. The number of aliphatic hydroxyl groups excluding tert-OH is 1. The van der Waals surface area contributed by atoms with Crippen LogP contribution in [-0.2, 0) is 14.3 Å². The lowest BCUT2D eigenvalue weighted by Crippen LogP contribution is -2.68. The van der Waals surface area contributed by atoms with Gasteiger partial charge in [-0.05, 0) is 6.42 Å². The second-order valence-corrected chi connectivity index (χ2v) is 9.89. The van der Waals surface area contributed by atoms with Gasteiger partial charge < -0.3 is 19.4 Å². The van der Waals surface area contributed by atoms with Crippen LogP contribution in [0.4, 0.5) is 0 Å². The van der Waals surface area contributed by atoms with E-state index >= 15 is 0 Å². The minimum atomic E-state index is -4.94. The lowest BCUT2D eigenvalue weighted by Gasteiger charge is -2.28. The molecule has 34 heavy (non-hydrogen) atoms. The fraction of sp³-hybridized carbons (Fsp3) is 0.913. The van der Waals surface area contributed by atoms with Crippen molar-refractivity contribution in [3.63, 3.8) is 0 Å². The smallest absolute Gasteiger partial charge is 0.308 e. The number of unbranched alkanes of at least 4 members (excludes halogenated alkanes) is 10. The van der Waals surface area contributed by atoms with Crippen molar-refractivity contribution in [2.75, 3.05) is 27.6 Å². The van der Waals surface area contributed by atoms with Gasteiger partial charge >= 0.3 is 11.9 Å². The number of aliphatic hydroxyl groups is 1. The molecule has 0 saturated carbocycles. The minimum absolute atomic E-state index is 0.150. The van der Waals surface area contributed by atoms with E-state index < -0.39 is 52.3 Å². The normalized spacial score (nSPS) is 15.2. The number of carboxylic acid groups (broad SMARTS) is 1. The van der Waals surface area contributed by atoms with Crippen molar-refractivity contribution in [3.8, 4) is 0 Å². The molecule has 11 heteroatoms. The molecule has 0 bridgehead atoms. The predicted molar refractivity (Wildman–Crippen MR) is 117 cm³/mol. The van der Waals surface area contributed by atoms with Gasteiger partial charge in [-0.3, -0.25) is 9.59 Å². The van der Waals surface area contributed by atoms with Gasteiger partial charge in [-0.1, -0.05) is 77.6 Å². The maximum absolute atomic E-state index is 12.2. The van der Waals surface area contributed by atoms with Crippen LogP contribution >= 0.6 is 0 Å². The molecule has 2 atom stereocenters. The van der Waals surface area contributed by atoms with E-state index in [1.807, 2.05) is 0 Å². The molecular formula is C23H46ClNO9. The molecule has 0 aromatic rings. The quantitative estimate of drug-likeness (QED) is 0.133. The zero-order valence-electron chi connectivity index (χ0n) is 23.8. The molecule has 2 N–H and O–H groups in total. The summed E-state index contributed by atoms with van der Waals surface area (Å²) in [6, 6.07) is 0. The van der Waals surface area contributed by atoms with Gasteiger partial charge in [0, 0.05) is 0 Å². The predicted octanol–water partition coefficient (Wildman–Crippen LogP) is -0.225. The summed E-state index contributed by atoms with van der Waals surface area (Å²) in [5.41, 5.74) is 0. The molecule has 10 nitrogen and oxygen atoms in total. The maximum atomic E-state index is 12.2. The third-order valence-electron chi connectivity index (χ3n) is 4.90. The Labute approximate surface area is 211 Å². The molecule has 0 radical (unpaired) electrons. The molecule has 0 spiro atoms. The zero-order chi connectivity index (χ0) is 29.1. The number of ether oxygens (including phenoxy) is 1. The van der Waals surface area contributed by atoms with E-state index in [0.717, 1.165) is 19.3 Å². The van der Waals surface area contributed by atoms with Gasteiger partial charge in [0.15, 0.2) is 6.10 Å². The average Bonchev–Trinajstić information content (AvgIpc) is 2.68. The third-order valence-corrected chi connectivity index (χ3v) is 4.90. The second-order valence-electron chi connectivity index (χ2n) is 9.14. The number of rotatable bonds is 19. The van der Waals surface area contributed by atoms with Crippen molar-refractivity contribution in [3.05, 3.63) is 0 Å². The SMILES string of the molecule is [2H]C([2H])([2H])[N+](C)(C)C[C@@H](CC(=O)O)OC(=O)CC(O)CCCCCCCCCCCCC.[O-][Cl+3]([O-])([O-])[O-]. The Morgan fingerprint density at radius 2 is 1.35 bits per heavy atom. The van der Waals surface area contributed by atoms with E-state index in [2.05, 4.69) is 6.92 Å². The van der Waals surface area contributed by atoms with Crippen LogP contribution < -0.4 is 18.6 Å². The number of carboxylic acids is 1. The number of quaternary nitrogens is 1. The molecule has 0 aliphatic rings. The van der Waals surface area contributed by atoms with Crippen LogP contribution in [0, 0.1) is 10.2 Å². The van der Waals surface area contributed by atoms with Gasteiger partial charge in [0.25, 0.3) is 0 Å². The molecule has 0 fully saturated rings. The van der Waals surface area contributed by atoms with Crippen molar-refractivity contribution in [1.82, 2.24) is 0 Å². The van der Waals surface area contributed by atoms with Crippen molar-refractivity contribution in [2.24, 2.45) is 0 Å². The van der Waals surface area contributed by atoms with Crippen LogP contribution in [0.1, 0.15) is 101 Å². The first-order valence-corrected chi connectivity index (χ1v) is 13.2. The lowest BCUT2D eigenvalue weighted by atomic mass is 10.0. The number of nitrogens with zero attached hydrogens (tertiary/aromatic N) is 1. The van der Waals surface area contributed by atoms with E-state index in [-0.39, 0.29) is 13.0 Å². The summed E-state index contributed by atoms with van der Waals surface area (Å²) in [5, 5.41) is 19.2. The highest BCUT2D eigenvalue weighted by Gasteiger charge is 2.25. The minimum Gasteiger partial charge on any atom is -0.481 e. The van der Waals surface area contributed by atoms with Gasteiger partial charge in [0.1, 0.15) is 6.54 Å². The lowest BCUT2D eigenvalue weighted by molar-refractivity contribution is -2.00. The molecule has 0 aliphatic heterocycles. The molecule has 204 valence electrons. The third kappa shape index (κ3) is 33.2. The van der Waals surface area contributed by atoms with Gasteiger partial charge in [-0.15, -0.1) is 10.2 Å². The fourth-order valence-corrected chi connectivity index (χ4v) is 3.42. The number of halogens is 1. The first-order chi connectivity index (χ1) is 16.9. The average molecular weight is 519 g/mol. The molecule has 0 aromatic heterocycles. The highest BCUT2D eigenvalue weighted by Crippen LogP contribution is 2.14. The Morgan fingerprint density at radius 3 is 1.76 bits per heavy atom. The summed E-state index contributed by atoms with van der Waals surface area (Å²) < 4.78 is 61.4. The summed E-state index contributed by atoms with van der Waals surface area (Å²) in [6.45, 7) is -0.291. The van der Waals surface area contributed by atoms with Crippen molar-refractivity contribution < 1.29 is 62.0 Å². The number of esters is 1. The number of carbonyl (C=O) groups is 2. The van der Waals surface area contributed by atoms with Crippen LogP contribution in [0.5, 0.6) is 0 Å². The molecule has 0 saturated heterocycles. The van der Waals surface area contributed by atoms with E-state index in [9.17, 15) is 14.7 Å². The highest BCUT2D eigenvalue weighted by molar-refractivity contribution is 5.71. The van der Waals surface area contributed by atoms with Crippen LogP contribution in [-0.4, -0.2) is 66.5 Å². The van der Waals surface area contributed by atoms with Gasteiger partial charge in [-0.25, -0.2) is 18.6 Å². The van der Waals surface area contributed by atoms with Gasteiger partial charge in [0.05, 0.1) is 44.1 Å². The maximum Gasteiger partial charge on any atom is 0.308 e. The topological polar surface area (TPSA) is 176 Å². The largest absolute Gasteiger partial charge is 0.481 e. The molecule has 0 amide bonds. The van der Waals surface area contributed by atoms with Crippen molar-refractivity contribution in [1.29, 1.82) is 0 Å². The van der Waals surface area contributed by atoms with Crippen LogP contribution in [0.25, 0.3) is 0 Å². The number of hydrogen-bond acceptors (Lipinski definition) is 8. The Bertz CT molecular complexity index is 611. The fourth-order valence-electron chi connectivity index (χ4n) is 3.42. The molecule has 0 heterocycles. The molecule has 1 unspecified atom stereocenters. The second kappa shape index (κ2) is 20.2. The Balaban J connectivity index is 0. The molecule has 0 aliphatic carbocycles. The van der Waals surface area contributed by atoms with Crippen molar-refractivity contribution >= 4 is 11.9 Å². The number of carbonyl (C=O) groups excluding carboxylic acids is 1. The Kier molecular flexibility index (Phi) is 17.4. The molecule has 0 aromatic carbocycles. The summed E-state index contributed by atoms with van der Waals surface area (Å²) >= 11 is 0. The Hall–Kier alpha value is -1.01. The van der Waals surface area contributed by atoms with E-state index in [1.165, 1.54) is 65.5 Å². The van der Waals surface area contributed by atoms with Gasteiger partial charge in [-0.2, -0.15) is 0 Å². The van der Waals surface area contributed by atoms with E-state index in [4.69, 9.17) is 32.6 Å². The van der Waals surface area contributed by atoms with Gasteiger partial charge in [0.2, 0.25) is 0 Å². The summed E-state index contributed by atoms with van der Waals surface area (Å²) in [4.78, 5) is 23.2. The summed E-state index contributed by atoms with van der Waals surface area (Å²) in [6.07, 6.45) is 11.2. The van der Waals surface area contributed by atoms with Crippen LogP contribution in [0.2, 0.25) is 0 Å². The monoisotopic (exact) mass is 518 g/mol. The highest BCUT2D eigenvalue weighted by atomic mass is 35.7. The van der Waals surface area contributed by atoms with Crippen molar-refractivity contribution in [2.45, 2.75) is 109 Å². The summed E-state index contributed by atoms with van der Waals surface area (Å²) in [7, 11) is -2.06. The summed E-state index contributed by atoms with van der Waals surface area (Å²) in [5.74, 6) is -1.87. The zero-order valence-corrected chi connectivity index (χ0v) is 21.6. The first-order valence-electron chi connectivity index (χ1n) is 13.4. The molecular weight excluding hydrogens is 470 g/mol.